The molecule has 0 aliphatic carbocycles. The van der Waals surface area contributed by atoms with Gasteiger partial charge in [0.15, 0.2) is 11.5 Å². The Hall–Kier alpha value is -2.88. The summed E-state index contributed by atoms with van der Waals surface area (Å²) < 4.78 is 5.58. The van der Waals surface area contributed by atoms with E-state index in [0.29, 0.717) is 5.89 Å². The Kier molecular flexibility index (Phi) is 3.23. The fraction of sp³-hybridized carbons (Fsp3) is 0.158. The topological polar surface area (TPSA) is 51.0 Å². The van der Waals surface area contributed by atoms with E-state index < -0.39 is 0 Å². The van der Waals surface area contributed by atoms with Crippen LogP contribution in [0.15, 0.2) is 53.1 Å². The number of rotatable bonds is 3. The third-order valence-electron chi connectivity index (χ3n) is 3.95. The van der Waals surface area contributed by atoms with Gasteiger partial charge in [0.1, 0.15) is 5.52 Å². The molecule has 0 unspecified atom stereocenters. The van der Waals surface area contributed by atoms with Crippen molar-refractivity contribution in [2.75, 3.05) is 5.32 Å². The largest absolute Gasteiger partial charge is 0.441 e. The third-order valence-corrected chi connectivity index (χ3v) is 3.95. The summed E-state index contributed by atoms with van der Waals surface area (Å²) in [7, 11) is 0. The molecule has 4 heteroatoms. The molecule has 2 heterocycles. The monoisotopic (exact) mass is 303 g/mol. The van der Waals surface area contributed by atoms with Crippen molar-refractivity contribution in [2.24, 2.45) is 0 Å². The Labute approximate surface area is 134 Å². The van der Waals surface area contributed by atoms with E-state index in [4.69, 9.17) is 4.42 Å². The lowest BCUT2D eigenvalue weighted by Crippen LogP contribution is -2.00. The summed E-state index contributed by atoms with van der Waals surface area (Å²) in [6.45, 7) is 4.71. The van der Waals surface area contributed by atoms with E-state index in [-0.39, 0.29) is 0 Å². The maximum Gasteiger partial charge on any atom is 0.192 e. The minimum absolute atomic E-state index is 0.690. The molecule has 114 valence electrons. The van der Waals surface area contributed by atoms with Gasteiger partial charge in [0, 0.05) is 36.8 Å². The van der Waals surface area contributed by atoms with Crippen LogP contribution in [0.5, 0.6) is 0 Å². The molecule has 1 N–H and O–H groups in total. The molecule has 4 aromatic rings. The molecular formula is C19H17N3O. The van der Waals surface area contributed by atoms with Gasteiger partial charge in [-0.2, -0.15) is 0 Å². The van der Waals surface area contributed by atoms with Crippen LogP contribution < -0.4 is 5.32 Å². The van der Waals surface area contributed by atoms with Crippen LogP contribution in [0.4, 0.5) is 5.69 Å². The normalized spacial score (nSPS) is 11.2. The molecule has 0 amide bonds. The summed E-state index contributed by atoms with van der Waals surface area (Å²) in [6, 6.07) is 14.4. The van der Waals surface area contributed by atoms with Gasteiger partial charge in [0.2, 0.25) is 0 Å². The molecule has 2 aromatic heterocycles. The van der Waals surface area contributed by atoms with Crippen molar-refractivity contribution in [3.8, 4) is 0 Å². The quantitative estimate of drug-likeness (QED) is 0.600. The third kappa shape index (κ3) is 2.63. The summed E-state index contributed by atoms with van der Waals surface area (Å²) in [6.07, 6.45) is 1.84. The Morgan fingerprint density at radius 1 is 1.09 bits per heavy atom. The Bertz CT molecular complexity index is 1000. The van der Waals surface area contributed by atoms with Crippen LogP contribution in [0.25, 0.3) is 22.0 Å². The summed E-state index contributed by atoms with van der Waals surface area (Å²) in [5.41, 5.74) is 6.22. The van der Waals surface area contributed by atoms with Crippen LogP contribution in [0.1, 0.15) is 17.0 Å². The molecule has 0 aliphatic heterocycles. The van der Waals surface area contributed by atoms with Gasteiger partial charge in [-0.25, -0.2) is 4.98 Å². The predicted octanol–water partition coefficient (Wildman–Crippen LogP) is 4.60. The number of fused-ring (bicyclic) bond motifs is 2. The fourth-order valence-electron chi connectivity index (χ4n) is 2.91. The summed E-state index contributed by atoms with van der Waals surface area (Å²) in [5, 5.41) is 4.62. The minimum atomic E-state index is 0.690. The first-order valence-electron chi connectivity index (χ1n) is 7.64. The second-order valence-electron chi connectivity index (χ2n) is 5.76. The number of nitrogens with zero attached hydrogens (tertiary/aromatic N) is 2. The van der Waals surface area contributed by atoms with Crippen molar-refractivity contribution in [1.29, 1.82) is 0 Å². The molecule has 2 aromatic carbocycles. The van der Waals surface area contributed by atoms with Crippen LogP contribution in [0.3, 0.4) is 0 Å². The lowest BCUT2D eigenvalue weighted by Gasteiger charge is -2.09. The highest BCUT2D eigenvalue weighted by Gasteiger charge is 2.05. The van der Waals surface area contributed by atoms with E-state index in [1.165, 1.54) is 16.5 Å². The second-order valence-corrected chi connectivity index (χ2v) is 5.76. The molecule has 4 nitrogen and oxygen atoms in total. The van der Waals surface area contributed by atoms with Crippen molar-refractivity contribution in [3.05, 3.63) is 65.7 Å². The van der Waals surface area contributed by atoms with E-state index in [9.17, 15) is 0 Å². The van der Waals surface area contributed by atoms with Gasteiger partial charge >= 0.3 is 0 Å². The number of benzene rings is 2. The molecule has 0 bridgehead atoms. The Morgan fingerprint density at radius 2 is 2.00 bits per heavy atom. The van der Waals surface area contributed by atoms with E-state index in [0.717, 1.165) is 28.8 Å². The van der Waals surface area contributed by atoms with Crippen LogP contribution in [0, 0.1) is 13.8 Å². The van der Waals surface area contributed by atoms with Gasteiger partial charge in [-0.05, 0) is 42.3 Å². The van der Waals surface area contributed by atoms with Crippen LogP contribution >= 0.6 is 0 Å². The molecular weight excluding hydrogens is 286 g/mol. The Morgan fingerprint density at radius 3 is 2.91 bits per heavy atom. The van der Waals surface area contributed by atoms with Gasteiger partial charge in [-0.1, -0.05) is 12.1 Å². The molecule has 4 rings (SSSR count). The average Bonchev–Trinajstić information content (AvgIpc) is 2.92. The highest BCUT2D eigenvalue weighted by molar-refractivity contribution is 5.82. The molecule has 0 atom stereocenters. The van der Waals surface area contributed by atoms with E-state index in [2.05, 4.69) is 40.4 Å². The van der Waals surface area contributed by atoms with Crippen molar-refractivity contribution in [3.63, 3.8) is 0 Å². The van der Waals surface area contributed by atoms with E-state index in [1.54, 1.807) is 0 Å². The first-order valence-corrected chi connectivity index (χ1v) is 7.64. The molecule has 0 spiro atoms. The van der Waals surface area contributed by atoms with Crippen LogP contribution in [-0.4, -0.2) is 9.97 Å². The molecule has 0 fully saturated rings. The van der Waals surface area contributed by atoms with Gasteiger partial charge in [0.25, 0.3) is 0 Å². The highest BCUT2D eigenvalue weighted by atomic mass is 16.3. The van der Waals surface area contributed by atoms with E-state index >= 15 is 0 Å². The van der Waals surface area contributed by atoms with Crippen molar-refractivity contribution < 1.29 is 4.42 Å². The van der Waals surface area contributed by atoms with Gasteiger partial charge in [-0.3, -0.25) is 4.98 Å². The SMILES string of the molecule is Cc1nc2ccc(NCc3cc(C)c4ncccc4c3)cc2o1. The zero-order valence-electron chi connectivity index (χ0n) is 13.1. The van der Waals surface area contributed by atoms with Crippen LogP contribution in [0.2, 0.25) is 0 Å². The number of hydrogen-bond donors (Lipinski definition) is 1. The van der Waals surface area contributed by atoms with Gasteiger partial charge in [-0.15, -0.1) is 0 Å². The maximum atomic E-state index is 5.58. The molecule has 0 saturated heterocycles. The highest BCUT2D eigenvalue weighted by Crippen LogP contribution is 2.22. The average molecular weight is 303 g/mol. The Balaban J connectivity index is 1.60. The summed E-state index contributed by atoms with van der Waals surface area (Å²) in [4.78, 5) is 8.75. The molecule has 23 heavy (non-hydrogen) atoms. The standard InChI is InChI=1S/C19H17N3O/c1-12-8-14(9-15-4-3-7-20-19(12)15)11-21-16-5-6-17-18(10-16)23-13(2)22-17/h3-10,21H,11H2,1-2H3. The summed E-state index contributed by atoms with van der Waals surface area (Å²) in [5.74, 6) is 0.690. The lowest BCUT2D eigenvalue weighted by atomic mass is 10.1. The van der Waals surface area contributed by atoms with Gasteiger partial charge < -0.3 is 9.73 Å². The number of nitrogens with one attached hydrogen (secondary N) is 1. The first-order chi connectivity index (χ1) is 11.2. The first kappa shape index (κ1) is 13.8. The van der Waals surface area contributed by atoms with Crippen molar-refractivity contribution >= 4 is 27.7 Å². The second kappa shape index (κ2) is 5.39. The lowest BCUT2D eigenvalue weighted by molar-refractivity contribution is 0.561. The number of anilines is 1. The zero-order valence-corrected chi connectivity index (χ0v) is 13.1. The number of hydrogen-bond acceptors (Lipinski definition) is 4. The fourth-order valence-corrected chi connectivity index (χ4v) is 2.91. The molecule has 0 aliphatic rings. The number of aryl methyl sites for hydroxylation is 2. The molecule has 0 radical (unpaired) electrons. The van der Waals surface area contributed by atoms with Gasteiger partial charge in [0.05, 0.1) is 5.52 Å². The maximum absolute atomic E-state index is 5.58. The van der Waals surface area contributed by atoms with Crippen molar-refractivity contribution in [2.45, 2.75) is 20.4 Å². The number of aromatic nitrogens is 2. The number of pyridine rings is 1. The zero-order chi connectivity index (χ0) is 15.8. The minimum Gasteiger partial charge on any atom is -0.441 e. The molecule has 0 saturated carbocycles. The smallest absolute Gasteiger partial charge is 0.192 e. The number of oxazole rings is 1. The van der Waals surface area contributed by atoms with E-state index in [1.807, 2.05) is 37.4 Å². The predicted molar refractivity (Wildman–Crippen MR) is 92.6 cm³/mol. The van der Waals surface area contributed by atoms with Crippen molar-refractivity contribution in [1.82, 2.24) is 9.97 Å². The summed E-state index contributed by atoms with van der Waals surface area (Å²) >= 11 is 0. The van der Waals surface area contributed by atoms with Crippen LogP contribution in [-0.2, 0) is 6.54 Å².